The Morgan fingerprint density at radius 1 is 1.62 bits per heavy atom. The summed E-state index contributed by atoms with van der Waals surface area (Å²) in [6.07, 6.45) is 0.363. The molecule has 6 heteroatoms. The zero-order chi connectivity index (χ0) is 12.0. The summed E-state index contributed by atoms with van der Waals surface area (Å²) in [5.41, 5.74) is 6.71. The van der Waals surface area contributed by atoms with Crippen LogP contribution >= 0.6 is 0 Å². The van der Waals surface area contributed by atoms with Crippen molar-refractivity contribution in [2.75, 3.05) is 12.3 Å². The molecule has 0 radical (unpaired) electrons. The van der Waals surface area contributed by atoms with Crippen molar-refractivity contribution in [1.82, 2.24) is 0 Å². The highest BCUT2D eigenvalue weighted by molar-refractivity contribution is 5.70. The lowest BCUT2D eigenvalue weighted by molar-refractivity contribution is -0.143. The number of rotatable bonds is 5. The van der Waals surface area contributed by atoms with Crippen molar-refractivity contribution in [3.63, 3.8) is 0 Å². The lowest BCUT2D eigenvalue weighted by Crippen LogP contribution is -2.13. The Balaban J connectivity index is 2.80. The summed E-state index contributed by atoms with van der Waals surface area (Å²) >= 11 is 0. The number of nitrogen functional groups attached to an aromatic ring is 1. The van der Waals surface area contributed by atoms with Crippen LogP contribution in [0.2, 0.25) is 0 Å². The molecule has 1 atom stereocenters. The molecule has 1 aromatic carbocycles. The number of hydrogen-bond donors (Lipinski definition) is 3. The van der Waals surface area contributed by atoms with Crippen LogP contribution in [-0.2, 0) is 9.53 Å². The summed E-state index contributed by atoms with van der Waals surface area (Å²) in [6, 6.07) is 6.71. The van der Waals surface area contributed by atoms with Crippen LogP contribution in [0.5, 0.6) is 0 Å². The molecular weight excluding hydrogens is 212 g/mol. The summed E-state index contributed by atoms with van der Waals surface area (Å²) in [5, 5.41) is 19.8. The van der Waals surface area contributed by atoms with Crippen LogP contribution in [0.15, 0.2) is 29.4 Å². The number of anilines is 1. The summed E-state index contributed by atoms with van der Waals surface area (Å²) in [5.74, 6) is -1.10. The predicted octanol–water partition coefficient (Wildman–Crippen LogP) is 0.871. The lowest BCUT2D eigenvalue weighted by atomic mass is 10.1. The van der Waals surface area contributed by atoms with E-state index in [1.165, 1.54) is 0 Å². The number of carboxylic acids is 1. The molecule has 86 valence electrons. The third-order valence-corrected chi connectivity index (χ3v) is 1.83. The van der Waals surface area contributed by atoms with E-state index in [1.807, 2.05) is 0 Å². The van der Waals surface area contributed by atoms with Crippen LogP contribution < -0.4 is 5.73 Å². The van der Waals surface area contributed by atoms with Gasteiger partial charge in [-0.25, -0.2) is 4.79 Å². The van der Waals surface area contributed by atoms with Gasteiger partial charge in [0.1, 0.15) is 12.7 Å². The van der Waals surface area contributed by atoms with Gasteiger partial charge in [-0.2, -0.15) is 0 Å². The van der Waals surface area contributed by atoms with Gasteiger partial charge >= 0.3 is 5.97 Å². The number of hydrogen-bond acceptors (Lipinski definition) is 5. The van der Waals surface area contributed by atoms with Crippen LogP contribution in [0.1, 0.15) is 11.7 Å². The van der Waals surface area contributed by atoms with E-state index in [0.29, 0.717) is 11.3 Å². The van der Waals surface area contributed by atoms with Gasteiger partial charge in [-0.3, -0.25) is 0 Å². The van der Waals surface area contributed by atoms with E-state index in [0.717, 1.165) is 6.21 Å². The standard InChI is InChI=1S/C10H12N2O4/c11-8-3-1-2-7(4-8)9(5-12-15)16-6-10(13)14/h1-5,9,15H,6,11H2,(H,13,14). The Morgan fingerprint density at radius 2 is 2.38 bits per heavy atom. The third kappa shape index (κ3) is 3.58. The second kappa shape index (κ2) is 5.72. The summed E-state index contributed by atoms with van der Waals surface area (Å²) in [4.78, 5) is 10.3. The molecular formula is C10H12N2O4. The van der Waals surface area contributed by atoms with Crippen molar-refractivity contribution < 1.29 is 19.8 Å². The van der Waals surface area contributed by atoms with E-state index < -0.39 is 18.7 Å². The Morgan fingerprint density at radius 3 is 2.94 bits per heavy atom. The maximum atomic E-state index is 10.3. The number of oxime groups is 1. The Labute approximate surface area is 91.9 Å². The Kier molecular flexibility index (Phi) is 4.28. The van der Waals surface area contributed by atoms with E-state index in [-0.39, 0.29) is 0 Å². The number of nitrogens with two attached hydrogens (primary N) is 1. The van der Waals surface area contributed by atoms with Gasteiger partial charge in [-0.15, -0.1) is 0 Å². The largest absolute Gasteiger partial charge is 0.480 e. The zero-order valence-electron chi connectivity index (χ0n) is 8.41. The maximum absolute atomic E-state index is 10.3. The highest BCUT2D eigenvalue weighted by atomic mass is 16.5. The number of aliphatic carboxylic acids is 1. The van der Waals surface area contributed by atoms with E-state index in [1.54, 1.807) is 24.3 Å². The van der Waals surface area contributed by atoms with E-state index in [4.69, 9.17) is 20.8 Å². The molecule has 1 aromatic rings. The number of ether oxygens (including phenoxy) is 1. The quantitative estimate of drug-likeness (QED) is 0.298. The normalized spacial score (nSPS) is 12.8. The molecule has 0 saturated heterocycles. The average molecular weight is 224 g/mol. The molecule has 1 unspecified atom stereocenters. The highest BCUT2D eigenvalue weighted by Gasteiger charge is 2.11. The molecule has 0 aliphatic rings. The predicted molar refractivity (Wildman–Crippen MR) is 57.5 cm³/mol. The molecule has 6 nitrogen and oxygen atoms in total. The molecule has 16 heavy (non-hydrogen) atoms. The van der Waals surface area contributed by atoms with Gasteiger partial charge in [0.15, 0.2) is 0 Å². The van der Waals surface area contributed by atoms with Gasteiger partial charge in [0.25, 0.3) is 0 Å². The highest BCUT2D eigenvalue weighted by Crippen LogP contribution is 2.17. The van der Waals surface area contributed by atoms with Crippen molar-refractivity contribution in [2.24, 2.45) is 5.16 Å². The second-order valence-electron chi connectivity index (χ2n) is 3.06. The van der Waals surface area contributed by atoms with Crippen molar-refractivity contribution in [2.45, 2.75) is 6.10 Å². The minimum atomic E-state index is -1.10. The molecule has 4 N–H and O–H groups in total. The third-order valence-electron chi connectivity index (χ3n) is 1.83. The summed E-state index contributed by atoms with van der Waals surface area (Å²) in [6.45, 7) is -0.481. The molecule has 0 aromatic heterocycles. The lowest BCUT2D eigenvalue weighted by Gasteiger charge is -2.12. The topological polar surface area (TPSA) is 105 Å². The van der Waals surface area contributed by atoms with E-state index in [9.17, 15) is 4.79 Å². The van der Waals surface area contributed by atoms with Gasteiger partial charge < -0.3 is 20.8 Å². The molecule has 0 aliphatic carbocycles. The van der Waals surface area contributed by atoms with Gasteiger partial charge in [0, 0.05) is 5.69 Å². The van der Waals surface area contributed by atoms with Gasteiger partial charge in [-0.05, 0) is 17.7 Å². The molecule has 0 amide bonds. The monoisotopic (exact) mass is 224 g/mol. The number of nitrogens with zero attached hydrogens (tertiary/aromatic N) is 1. The molecule has 1 rings (SSSR count). The molecule has 0 spiro atoms. The van der Waals surface area contributed by atoms with Crippen LogP contribution in [0.4, 0.5) is 5.69 Å². The molecule has 0 bridgehead atoms. The number of carboxylic acid groups (broad SMARTS) is 1. The van der Waals surface area contributed by atoms with Crippen molar-refractivity contribution >= 4 is 17.9 Å². The molecule has 0 aliphatic heterocycles. The van der Waals surface area contributed by atoms with E-state index in [2.05, 4.69) is 5.16 Å². The Hall–Kier alpha value is -2.08. The van der Waals surface area contributed by atoms with Crippen LogP contribution in [0.25, 0.3) is 0 Å². The van der Waals surface area contributed by atoms with Gasteiger partial charge in [0.2, 0.25) is 0 Å². The number of carbonyl (C=O) groups is 1. The van der Waals surface area contributed by atoms with Crippen molar-refractivity contribution in [1.29, 1.82) is 0 Å². The first-order valence-corrected chi connectivity index (χ1v) is 4.50. The fraction of sp³-hybridized carbons (Fsp3) is 0.200. The molecule has 0 saturated carbocycles. The van der Waals surface area contributed by atoms with Crippen LogP contribution in [0, 0.1) is 0 Å². The summed E-state index contributed by atoms with van der Waals surface area (Å²) < 4.78 is 5.02. The summed E-state index contributed by atoms with van der Waals surface area (Å²) in [7, 11) is 0. The minimum Gasteiger partial charge on any atom is -0.480 e. The van der Waals surface area contributed by atoms with Crippen molar-refractivity contribution in [3.05, 3.63) is 29.8 Å². The first-order valence-electron chi connectivity index (χ1n) is 4.50. The fourth-order valence-corrected chi connectivity index (χ4v) is 1.18. The number of benzene rings is 1. The minimum absolute atomic E-state index is 0.481. The van der Waals surface area contributed by atoms with Gasteiger partial charge in [-0.1, -0.05) is 17.3 Å². The second-order valence-corrected chi connectivity index (χ2v) is 3.06. The first-order chi connectivity index (χ1) is 7.63. The average Bonchev–Trinajstić information content (AvgIpc) is 2.24. The van der Waals surface area contributed by atoms with Crippen LogP contribution in [-0.4, -0.2) is 29.1 Å². The van der Waals surface area contributed by atoms with Crippen LogP contribution in [0.3, 0.4) is 0 Å². The maximum Gasteiger partial charge on any atom is 0.329 e. The first kappa shape index (κ1) is 12.0. The van der Waals surface area contributed by atoms with Gasteiger partial charge in [0.05, 0.1) is 6.21 Å². The van der Waals surface area contributed by atoms with Crippen molar-refractivity contribution in [3.8, 4) is 0 Å². The Bertz CT molecular complexity index is 392. The smallest absolute Gasteiger partial charge is 0.329 e. The molecule has 0 heterocycles. The zero-order valence-corrected chi connectivity index (χ0v) is 8.41. The van der Waals surface area contributed by atoms with E-state index >= 15 is 0 Å². The fourth-order valence-electron chi connectivity index (χ4n) is 1.18. The molecule has 0 fully saturated rings. The SMILES string of the molecule is Nc1cccc(C(C=NO)OCC(=O)O)c1.